The van der Waals surface area contributed by atoms with Crippen molar-refractivity contribution in [3.8, 4) is 11.1 Å². The fraction of sp³-hybridized carbons (Fsp3) is 0.208. The summed E-state index contributed by atoms with van der Waals surface area (Å²) in [7, 11) is 0. The van der Waals surface area contributed by atoms with Gasteiger partial charge in [-0.1, -0.05) is 54.6 Å². The van der Waals surface area contributed by atoms with Gasteiger partial charge in [0.05, 0.1) is 5.69 Å². The van der Waals surface area contributed by atoms with E-state index in [0.717, 1.165) is 11.1 Å². The van der Waals surface area contributed by atoms with Crippen LogP contribution in [0.3, 0.4) is 0 Å². The summed E-state index contributed by atoms with van der Waals surface area (Å²) in [6.07, 6.45) is 2.94. The van der Waals surface area contributed by atoms with Crippen LogP contribution in [-0.4, -0.2) is 34.8 Å². The molecule has 1 saturated heterocycles. The van der Waals surface area contributed by atoms with E-state index in [1.807, 2.05) is 66.7 Å². The number of likely N-dealkylation sites (tertiary alicyclic amines) is 1. The Hall–Kier alpha value is -3.47. The topological polar surface area (TPSA) is 76.3 Å². The molecule has 2 N–H and O–H groups in total. The van der Waals surface area contributed by atoms with Gasteiger partial charge in [-0.2, -0.15) is 0 Å². The second kappa shape index (κ2) is 7.87. The van der Waals surface area contributed by atoms with Gasteiger partial charge in [0.15, 0.2) is 0 Å². The molecule has 0 radical (unpaired) electrons. The Bertz CT molecular complexity index is 1020. The lowest BCUT2D eigenvalue weighted by Crippen LogP contribution is -2.55. The number of aromatic nitrogens is 1. The van der Waals surface area contributed by atoms with Crippen molar-refractivity contribution in [2.75, 3.05) is 13.1 Å². The van der Waals surface area contributed by atoms with Crippen LogP contribution in [0.15, 0.2) is 79.0 Å². The first-order chi connectivity index (χ1) is 14.1. The average molecular weight is 385 g/mol. The van der Waals surface area contributed by atoms with Crippen LogP contribution in [0.2, 0.25) is 0 Å². The number of pyridine rings is 1. The molecule has 2 aromatic carbocycles. The van der Waals surface area contributed by atoms with Gasteiger partial charge in [0.25, 0.3) is 5.91 Å². The highest BCUT2D eigenvalue weighted by Crippen LogP contribution is 2.34. The van der Waals surface area contributed by atoms with E-state index in [2.05, 4.69) is 4.98 Å². The lowest BCUT2D eigenvalue weighted by atomic mass is 9.75. The van der Waals surface area contributed by atoms with Crippen molar-refractivity contribution in [1.82, 2.24) is 9.88 Å². The molecule has 1 fully saturated rings. The molecule has 4 rings (SSSR count). The van der Waals surface area contributed by atoms with Crippen LogP contribution in [0.25, 0.3) is 11.1 Å². The minimum Gasteiger partial charge on any atom is -0.369 e. The van der Waals surface area contributed by atoms with Gasteiger partial charge in [-0.25, -0.2) is 0 Å². The maximum absolute atomic E-state index is 13.5. The maximum atomic E-state index is 13.5. The number of benzene rings is 2. The fourth-order valence-corrected chi connectivity index (χ4v) is 4.12. The van der Waals surface area contributed by atoms with Gasteiger partial charge in [0.1, 0.15) is 5.41 Å². The Morgan fingerprint density at radius 2 is 1.66 bits per heavy atom. The third-order valence-electron chi connectivity index (χ3n) is 5.65. The highest BCUT2D eigenvalue weighted by molar-refractivity contribution is 6.01. The van der Waals surface area contributed by atoms with Gasteiger partial charge in [-0.05, 0) is 42.2 Å². The molecular formula is C24H23N3O2. The average Bonchev–Trinajstić information content (AvgIpc) is 2.79. The maximum Gasteiger partial charge on any atom is 0.254 e. The Morgan fingerprint density at radius 1 is 0.931 bits per heavy atom. The number of rotatable bonds is 4. The Morgan fingerprint density at radius 3 is 2.38 bits per heavy atom. The van der Waals surface area contributed by atoms with E-state index >= 15 is 0 Å². The molecule has 0 saturated carbocycles. The summed E-state index contributed by atoms with van der Waals surface area (Å²) in [4.78, 5) is 32.1. The molecule has 146 valence electrons. The van der Waals surface area contributed by atoms with Crippen LogP contribution < -0.4 is 5.73 Å². The molecule has 3 aromatic rings. The van der Waals surface area contributed by atoms with Crippen LogP contribution in [0.4, 0.5) is 0 Å². The number of carbonyl (C=O) groups is 2. The third-order valence-corrected chi connectivity index (χ3v) is 5.65. The summed E-state index contributed by atoms with van der Waals surface area (Å²) in [5.41, 5.74) is 8.00. The van der Waals surface area contributed by atoms with E-state index in [9.17, 15) is 9.59 Å². The lowest BCUT2D eigenvalue weighted by Gasteiger charge is -2.40. The highest BCUT2D eigenvalue weighted by Gasteiger charge is 2.45. The van der Waals surface area contributed by atoms with E-state index in [1.165, 1.54) is 0 Å². The Kier molecular flexibility index (Phi) is 5.12. The monoisotopic (exact) mass is 385 g/mol. The molecule has 2 heterocycles. The predicted molar refractivity (Wildman–Crippen MR) is 112 cm³/mol. The summed E-state index contributed by atoms with van der Waals surface area (Å²) in [5, 5.41) is 0. The zero-order valence-corrected chi connectivity index (χ0v) is 16.1. The van der Waals surface area contributed by atoms with Gasteiger partial charge >= 0.3 is 0 Å². The second-order valence-electron chi connectivity index (χ2n) is 7.40. The van der Waals surface area contributed by atoms with Crippen LogP contribution in [0.5, 0.6) is 0 Å². The van der Waals surface area contributed by atoms with Crippen molar-refractivity contribution in [3.05, 3.63) is 90.3 Å². The zero-order valence-electron chi connectivity index (χ0n) is 16.1. The highest BCUT2D eigenvalue weighted by atomic mass is 16.2. The number of hydrogen-bond donors (Lipinski definition) is 1. The van der Waals surface area contributed by atoms with Crippen molar-refractivity contribution in [2.45, 2.75) is 18.3 Å². The first-order valence-corrected chi connectivity index (χ1v) is 9.77. The molecule has 29 heavy (non-hydrogen) atoms. The van der Waals surface area contributed by atoms with Crippen molar-refractivity contribution < 1.29 is 9.59 Å². The molecule has 2 amide bonds. The van der Waals surface area contributed by atoms with Gasteiger partial charge in [0, 0.05) is 24.8 Å². The number of amides is 2. The molecule has 0 bridgehead atoms. The third kappa shape index (κ3) is 3.51. The molecule has 0 aliphatic carbocycles. The largest absolute Gasteiger partial charge is 0.369 e. The van der Waals surface area contributed by atoms with Crippen LogP contribution in [-0.2, 0) is 10.2 Å². The van der Waals surface area contributed by atoms with Crippen molar-refractivity contribution in [1.29, 1.82) is 0 Å². The van der Waals surface area contributed by atoms with E-state index in [1.54, 1.807) is 17.2 Å². The van der Waals surface area contributed by atoms with E-state index in [4.69, 9.17) is 5.73 Å². The van der Waals surface area contributed by atoms with E-state index < -0.39 is 11.3 Å². The Balaban J connectivity index is 1.70. The van der Waals surface area contributed by atoms with Crippen molar-refractivity contribution >= 4 is 11.8 Å². The summed E-state index contributed by atoms with van der Waals surface area (Å²) in [6.45, 7) is 0.825. The number of nitrogens with two attached hydrogens (primary N) is 1. The quantitative estimate of drug-likeness (QED) is 0.748. The number of hydrogen-bond acceptors (Lipinski definition) is 3. The van der Waals surface area contributed by atoms with Gasteiger partial charge in [0.2, 0.25) is 5.91 Å². The Labute approximate surface area is 170 Å². The summed E-state index contributed by atoms with van der Waals surface area (Å²) < 4.78 is 0. The fourth-order valence-electron chi connectivity index (χ4n) is 4.12. The van der Waals surface area contributed by atoms with Crippen LogP contribution >= 0.6 is 0 Å². The number of nitrogens with zero attached hydrogens (tertiary/aromatic N) is 2. The number of carbonyl (C=O) groups excluding carboxylic acids is 2. The molecule has 1 aliphatic heterocycles. The number of piperidine rings is 1. The van der Waals surface area contributed by atoms with Gasteiger partial charge < -0.3 is 10.6 Å². The molecular weight excluding hydrogens is 362 g/mol. The van der Waals surface area contributed by atoms with Gasteiger partial charge in [-0.15, -0.1) is 0 Å². The molecule has 0 spiro atoms. The molecule has 0 unspecified atom stereocenters. The zero-order chi connectivity index (χ0) is 20.3. The first kappa shape index (κ1) is 18.9. The SMILES string of the molecule is NC(=O)[C@@]1(c2ccccn2)CCCN(C(=O)c2ccccc2-c2ccccc2)C1. The van der Waals surface area contributed by atoms with Gasteiger partial charge in [-0.3, -0.25) is 14.6 Å². The first-order valence-electron chi connectivity index (χ1n) is 9.77. The summed E-state index contributed by atoms with van der Waals surface area (Å²) in [6, 6.07) is 22.9. The smallest absolute Gasteiger partial charge is 0.254 e. The van der Waals surface area contributed by atoms with Crippen molar-refractivity contribution in [3.63, 3.8) is 0 Å². The minimum absolute atomic E-state index is 0.0919. The van der Waals surface area contributed by atoms with E-state index in [0.29, 0.717) is 30.6 Å². The summed E-state index contributed by atoms with van der Waals surface area (Å²) in [5.74, 6) is -0.532. The summed E-state index contributed by atoms with van der Waals surface area (Å²) >= 11 is 0. The van der Waals surface area contributed by atoms with Crippen LogP contribution in [0.1, 0.15) is 28.9 Å². The molecule has 1 aliphatic rings. The molecule has 1 aromatic heterocycles. The molecule has 5 nitrogen and oxygen atoms in total. The normalized spacial score (nSPS) is 19.0. The lowest BCUT2D eigenvalue weighted by molar-refractivity contribution is -0.125. The molecule has 1 atom stereocenters. The predicted octanol–water partition coefficient (Wildman–Crippen LogP) is 3.41. The van der Waals surface area contributed by atoms with E-state index in [-0.39, 0.29) is 12.5 Å². The minimum atomic E-state index is -0.961. The second-order valence-corrected chi connectivity index (χ2v) is 7.40. The standard InChI is InChI=1S/C24H23N3O2/c25-23(29)24(21-13-6-7-15-26-21)14-8-16-27(17-24)22(28)20-12-5-4-11-19(20)18-9-2-1-3-10-18/h1-7,9-13,15H,8,14,16-17H2,(H2,25,29)/t24-/m0/s1. The molecule has 5 heteroatoms. The number of primary amides is 1. The van der Waals surface area contributed by atoms with Crippen molar-refractivity contribution in [2.24, 2.45) is 5.73 Å². The van der Waals surface area contributed by atoms with Crippen LogP contribution in [0, 0.1) is 0 Å².